The summed E-state index contributed by atoms with van der Waals surface area (Å²) in [5, 5.41) is 12.3. The molecule has 4 N–H and O–H groups in total. The van der Waals surface area contributed by atoms with Crippen molar-refractivity contribution in [3.8, 4) is 0 Å². The lowest BCUT2D eigenvalue weighted by Crippen LogP contribution is -2.19. The van der Waals surface area contributed by atoms with Crippen molar-refractivity contribution in [2.75, 3.05) is 17.6 Å². The molecule has 0 heterocycles. The van der Waals surface area contributed by atoms with E-state index < -0.39 is 12.5 Å². The lowest BCUT2D eigenvalue weighted by molar-refractivity contribution is 0.151. The maximum atomic E-state index is 12.7. The topological polar surface area (TPSA) is 58.3 Å². The Morgan fingerprint density at radius 1 is 1.41 bits per heavy atom. The van der Waals surface area contributed by atoms with Crippen LogP contribution < -0.4 is 11.1 Å². The number of hydrogen-bond acceptors (Lipinski definition) is 3. The molecule has 0 aliphatic rings. The molecule has 1 aromatic rings. The number of anilines is 2. The van der Waals surface area contributed by atoms with Crippen LogP contribution >= 0.6 is 0 Å². The largest absolute Gasteiger partial charge is 0.399 e. The van der Waals surface area contributed by atoms with E-state index in [1.807, 2.05) is 6.92 Å². The van der Waals surface area contributed by atoms with Crippen LogP contribution in [-0.4, -0.2) is 17.8 Å². The van der Waals surface area contributed by atoms with E-state index in [9.17, 15) is 13.9 Å². The fraction of sp³-hybridized carbons (Fsp3) is 0.500. The van der Waals surface area contributed by atoms with Crippen molar-refractivity contribution in [2.24, 2.45) is 0 Å². The zero-order valence-corrected chi connectivity index (χ0v) is 9.79. The van der Waals surface area contributed by atoms with Gasteiger partial charge in [0.1, 0.15) is 0 Å². The summed E-state index contributed by atoms with van der Waals surface area (Å²) in [6.45, 7) is 2.22. The molecule has 0 spiro atoms. The standard InChI is InChI=1S/C12H18F2N2O/c1-2-3-9(17)7-16-11-5-4-8(15)6-10(11)12(13)14/h4-6,9,12,16-17H,2-3,7,15H2,1H3. The molecule has 1 aromatic carbocycles. The van der Waals surface area contributed by atoms with Crippen LogP contribution in [0.15, 0.2) is 18.2 Å². The summed E-state index contributed by atoms with van der Waals surface area (Å²) in [5.41, 5.74) is 5.96. The molecular formula is C12H18F2N2O. The lowest BCUT2D eigenvalue weighted by Gasteiger charge is -2.15. The molecule has 0 saturated carbocycles. The van der Waals surface area contributed by atoms with Crippen molar-refractivity contribution in [1.29, 1.82) is 0 Å². The zero-order valence-electron chi connectivity index (χ0n) is 9.79. The van der Waals surface area contributed by atoms with Gasteiger partial charge in [0.05, 0.1) is 6.10 Å². The third-order valence-corrected chi connectivity index (χ3v) is 2.46. The minimum absolute atomic E-state index is 0.131. The second-order valence-electron chi connectivity index (χ2n) is 3.97. The van der Waals surface area contributed by atoms with Crippen molar-refractivity contribution in [3.63, 3.8) is 0 Å². The molecule has 3 nitrogen and oxygen atoms in total. The smallest absolute Gasteiger partial charge is 0.265 e. The predicted molar refractivity (Wildman–Crippen MR) is 65.2 cm³/mol. The highest BCUT2D eigenvalue weighted by atomic mass is 19.3. The number of aliphatic hydroxyl groups excluding tert-OH is 1. The molecule has 1 rings (SSSR count). The van der Waals surface area contributed by atoms with Crippen LogP contribution in [0, 0.1) is 0 Å². The number of benzene rings is 1. The number of nitrogen functional groups attached to an aromatic ring is 1. The Balaban J connectivity index is 2.70. The minimum atomic E-state index is -2.58. The Kier molecular flexibility index (Phi) is 5.15. The van der Waals surface area contributed by atoms with Gasteiger partial charge in [-0.25, -0.2) is 8.78 Å². The van der Waals surface area contributed by atoms with E-state index in [4.69, 9.17) is 5.73 Å². The van der Waals surface area contributed by atoms with E-state index in [1.165, 1.54) is 12.1 Å². The minimum Gasteiger partial charge on any atom is -0.399 e. The van der Waals surface area contributed by atoms with E-state index in [2.05, 4.69) is 5.32 Å². The summed E-state index contributed by atoms with van der Waals surface area (Å²) in [6, 6.07) is 4.31. The van der Waals surface area contributed by atoms with E-state index in [0.717, 1.165) is 6.42 Å². The molecule has 0 fully saturated rings. The number of hydrogen-bond donors (Lipinski definition) is 3. The Hall–Kier alpha value is -1.36. The van der Waals surface area contributed by atoms with Crippen molar-refractivity contribution in [3.05, 3.63) is 23.8 Å². The van der Waals surface area contributed by atoms with E-state index >= 15 is 0 Å². The predicted octanol–water partition coefficient (Wildman–Crippen LogP) is 2.78. The molecule has 0 amide bonds. The molecule has 5 heteroatoms. The Morgan fingerprint density at radius 3 is 2.71 bits per heavy atom. The number of aliphatic hydroxyl groups is 1. The molecule has 0 bridgehead atoms. The second-order valence-corrected chi connectivity index (χ2v) is 3.97. The van der Waals surface area contributed by atoms with Gasteiger partial charge in [-0.2, -0.15) is 0 Å². The lowest BCUT2D eigenvalue weighted by atomic mass is 10.1. The molecular weight excluding hydrogens is 226 g/mol. The first-order valence-corrected chi connectivity index (χ1v) is 5.64. The molecule has 1 unspecified atom stereocenters. The fourth-order valence-corrected chi connectivity index (χ4v) is 1.59. The van der Waals surface area contributed by atoms with Crippen LogP contribution in [-0.2, 0) is 0 Å². The average Bonchev–Trinajstić information content (AvgIpc) is 2.27. The summed E-state index contributed by atoms with van der Waals surface area (Å²) < 4.78 is 25.4. The Labute approximate surface area is 99.6 Å². The van der Waals surface area contributed by atoms with Gasteiger partial charge in [0.25, 0.3) is 6.43 Å². The van der Waals surface area contributed by atoms with Gasteiger partial charge in [-0.1, -0.05) is 13.3 Å². The molecule has 0 aliphatic heterocycles. The first-order chi connectivity index (χ1) is 8.04. The van der Waals surface area contributed by atoms with Gasteiger partial charge in [0.2, 0.25) is 0 Å². The van der Waals surface area contributed by atoms with Gasteiger partial charge < -0.3 is 16.2 Å². The first-order valence-electron chi connectivity index (χ1n) is 5.64. The molecule has 0 saturated heterocycles. The molecule has 1 atom stereocenters. The van der Waals surface area contributed by atoms with Gasteiger partial charge in [-0.15, -0.1) is 0 Å². The summed E-state index contributed by atoms with van der Waals surface area (Å²) in [7, 11) is 0. The normalized spacial score (nSPS) is 12.8. The van der Waals surface area contributed by atoms with E-state index in [0.29, 0.717) is 17.8 Å². The van der Waals surface area contributed by atoms with Crippen LogP contribution in [0.1, 0.15) is 31.8 Å². The third kappa shape index (κ3) is 4.19. The average molecular weight is 244 g/mol. The van der Waals surface area contributed by atoms with Gasteiger partial charge in [0, 0.05) is 23.5 Å². The fourth-order valence-electron chi connectivity index (χ4n) is 1.59. The van der Waals surface area contributed by atoms with Gasteiger partial charge in [0.15, 0.2) is 0 Å². The summed E-state index contributed by atoms with van der Waals surface area (Å²) in [5.74, 6) is 0. The maximum Gasteiger partial charge on any atom is 0.265 e. The summed E-state index contributed by atoms with van der Waals surface area (Å²) in [6.07, 6.45) is -1.61. The van der Waals surface area contributed by atoms with Gasteiger partial charge >= 0.3 is 0 Å². The SMILES string of the molecule is CCCC(O)CNc1ccc(N)cc1C(F)F. The molecule has 0 aromatic heterocycles. The molecule has 17 heavy (non-hydrogen) atoms. The number of nitrogens with one attached hydrogen (secondary N) is 1. The number of alkyl halides is 2. The Morgan fingerprint density at radius 2 is 2.12 bits per heavy atom. The van der Waals surface area contributed by atoms with E-state index in [-0.39, 0.29) is 12.1 Å². The van der Waals surface area contributed by atoms with Crippen LogP contribution in [0.4, 0.5) is 20.2 Å². The number of halogens is 2. The van der Waals surface area contributed by atoms with Crippen LogP contribution in [0.3, 0.4) is 0 Å². The maximum absolute atomic E-state index is 12.7. The summed E-state index contributed by atoms with van der Waals surface area (Å²) in [4.78, 5) is 0. The number of nitrogens with two attached hydrogens (primary N) is 1. The molecule has 96 valence electrons. The molecule has 0 radical (unpaired) electrons. The zero-order chi connectivity index (χ0) is 12.8. The van der Waals surface area contributed by atoms with Crippen LogP contribution in [0.25, 0.3) is 0 Å². The second kappa shape index (κ2) is 6.39. The third-order valence-electron chi connectivity index (χ3n) is 2.46. The first kappa shape index (κ1) is 13.7. The van der Waals surface area contributed by atoms with Crippen molar-refractivity contribution in [1.82, 2.24) is 0 Å². The molecule has 0 aliphatic carbocycles. The van der Waals surface area contributed by atoms with Crippen LogP contribution in [0.5, 0.6) is 0 Å². The van der Waals surface area contributed by atoms with Gasteiger partial charge in [-0.3, -0.25) is 0 Å². The monoisotopic (exact) mass is 244 g/mol. The van der Waals surface area contributed by atoms with Crippen molar-refractivity contribution < 1.29 is 13.9 Å². The number of rotatable bonds is 6. The van der Waals surface area contributed by atoms with Crippen molar-refractivity contribution in [2.45, 2.75) is 32.3 Å². The highest BCUT2D eigenvalue weighted by molar-refractivity contribution is 5.58. The Bertz CT molecular complexity index is 358. The van der Waals surface area contributed by atoms with Crippen LogP contribution in [0.2, 0.25) is 0 Å². The summed E-state index contributed by atoms with van der Waals surface area (Å²) >= 11 is 0. The highest BCUT2D eigenvalue weighted by Crippen LogP contribution is 2.28. The quantitative estimate of drug-likeness (QED) is 0.674. The van der Waals surface area contributed by atoms with Crippen molar-refractivity contribution >= 4 is 11.4 Å². The van der Waals surface area contributed by atoms with Gasteiger partial charge in [-0.05, 0) is 24.6 Å². The highest BCUT2D eigenvalue weighted by Gasteiger charge is 2.13. The van der Waals surface area contributed by atoms with E-state index in [1.54, 1.807) is 6.07 Å².